The minimum atomic E-state index is 0.404. The predicted molar refractivity (Wildman–Crippen MR) is 88.5 cm³/mol. The predicted octanol–water partition coefficient (Wildman–Crippen LogP) is 5.85. The molecule has 0 spiro atoms. The van der Waals surface area contributed by atoms with Crippen molar-refractivity contribution in [1.29, 1.82) is 0 Å². The number of hydrogen-bond acceptors (Lipinski definition) is 1. The van der Waals surface area contributed by atoms with Gasteiger partial charge in [0.2, 0.25) is 0 Å². The third kappa shape index (κ3) is 6.58. The zero-order chi connectivity index (χ0) is 14.1. The summed E-state index contributed by atoms with van der Waals surface area (Å²) in [6.45, 7) is 6.81. The summed E-state index contributed by atoms with van der Waals surface area (Å²) in [7, 11) is 0. The molecule has 108 valence electrons. The van der Waals surface area contributed by atoms with Gasteiger partial charge in [0.05, 0.1) is 0 Å². The van der Waals surface area contributed by atoms with Crippen molar-refractivity contribution in [2.45, 2.75) is 71.4 Å². The van der Waals surface area contributed by atoms with E-state index in [1.54, 1.807) is 0 Å². The van der Waals surface area contributed by atoms with Crippen molar-refractivity contribution >= 4 is 15.9 Å². The van der Waals surface area contributed by atoms with E-state index in [1.165, 1.54) is 48.6 Å². The molecule has 0 aromatic heterocycles. The quantitative estimate of drug-likeness (QED) is 0.561. The van der Waals surface area contributed by atoms with Crippen LogP contribution >= 0.6 is 15.9 Å². The lowest BCUT2D eigenvalue weighted by atomic mass is 10.0. The molecule has 2 atom stereocenters. The summed E-state index contributed by atoms with van der Waals surface area (Å²) in [5, 5.41) is 3.70. The molecule has 0 aliphatic carbocycles. The summed E-state index contributed by atoms with van der Waals surface area (Å²) >= 11 is 3.63. The Morgan fingerprint density at radius 2 is 1.74 bits per heavy atom. The highest BCUT2D eigenvalue weighted by Gasteiger charge is 2.11. The lowest BCUT2D eigenvalue weighted by Crippen LogP contribution is -2.29. The van der Waals surface area contributed by atoms with Gasteiger partial charge in [-0.25, -0.2) is 0 Å². The molecule has 1 nitrogen and oxygen atoms in total. The first-order valence-electron chi connectivity index (χ1n) is 7.65. The van der Waals surface area contributed by atoms with Crippen LogP contribution in [0.2, 0.25) is 0 Å². The first-order chi connectivity index (χ1) is 9.15. The van der Waals surface area contributed by atoms with Crippen LogP contribution in [0.25, 0.3) is 0 Å². The Morgan fingerprint density at radius 3 is 2.42 bits per heavy atom. The molecule has 0 radical (unpaired) electrons. The molecular formula is C17H28BrN. The fourth-order valence-electron chi connectivity index (χ4n) is 2.48. The van der Waals surface area contributed by atoms with E-state index in [0.717, 1.165) is 0 Å². The molecule has 1 N–H and O–H groups in total. The van der Waals surface area contributed by atoms with E-state index in [-0.39, 0.29) is 0 Å². The van der Waals surface area contributed by atoms with Gasteiger partial charge in [-0.2, -0.15) is 0 Å². The Bertz CT molecular complexity index is 351. The van der Waals surface area contributed by atoms with E-state index in [2.05, 4.69) is 66.3 Å². The van der Waals surface area contributed by atoms with Crippen LogP contribution in [-0.4, -0.2) is 6.04 Å². The zero-order valence-corrected chi connectivity index (χ0v) is 14.2. The number of nitrogens with one attached hydrogen (secondary N) is 1. The van der Waals surface area contributed by atoms with Crippen molar-refractivity contribution in [3.8, 4) is 0 Å². The van der Waals surface area contributed by atoms with Crippen molar-refractivity contribution < 1.29 is 0 Å². The molecule has 0 aliphatic heterocycles. The maximum atomic E-state index is 3.70. The minimum Gasteiger partial charge on any atom is -0.308 e. The van der Waals surface area contributed by atoms with E-state index in [9.17, 15) is 0 Å². The van der Waals surface area contributed by atoms with Crippen LogP contribution in [0.5, 0.6) is 0 Å². The molecule has 19 heavy (non-hydrogen) atoms. The second kappa shape index (κ2) is 9.55. The number of benzene rings is 1. The third-order valence-corrected chi connectivity index (χ3v) is 4.37. The highest BCUT2D eigenvalue weighted by Crippen LogP contribution is 2.23. The van der Waals surface area contributed by atoms with Crippen molar-refractivity contribution in [3.63, 3.8) is 0 Å². The van der Waals surface area contributed by atoms with Gasteiger partial charge in [-0.15, -0.1) is 0 Å². The van der Waals surface area contributed by atoms with E-state index in [0.29, 0.717) is 12.1 Å². The van der Waals surface area contributed by atoms with Gasteiger partial charge >= 0.3 is 0 Å². The smallest absolute Gasteiger partial charge is 0.0305 e. The van der Waals surface area contributed by atoms with Gasteiger partial charge in [0.1, 0.15) is 0 Å². The Labute approximate surface area is 127 Å². The van der Waals surface area contributed by atoms with Gasteiger partial charge in [0.15, 0.2) is 0 Å². The molecule has 0 amide bonds. The fraction of sp³-hybridized carbons (Fsp3) is 0.647. The molecule has 1 aromatic carbocycles. The Hall–Kier alpha value is -0.340. The van der Waals surface area contributed by atoms with E-state index in [4.69, 9.17) is 0 Å². The third-order valence-electron chi connectivity index (χ3n) is 3.65. The summed E-state index contributed by atoms with van der Waals surface area (Å²) in [6.07, 6.45) is 8.10. The van der Waals surface area contributed by atoms with Crippen molar-refractivity contribution in [1.82, 2.24) is 5.32 Å². The van der Waals surface area contributed by atoms with Gasteiger partial charge in [0.25, 0.3) is 0 Å². The van der Waals surface area contributed by atoms with Gasteiger partial charge in [-0.05, 0) is 31.9 Å². The SMILES string of the molecule is CCCCCCCC(C)N[C@@H](C)c1ccccc1Br. The van der Waals surface area contributed by atoms with Crippen LogP contribution in [0.1, 0.15) is 70.9 Å². The van der Waals surface area contributed by atoms with Crippen LogP contribution < -0.4 is 5.32 Å². The topological polar surface area (TPSA) is 12.0 Å². The second-order valence-corrected chi connectivity index (χ2v) is 6.37. The van der Waals surface area contributed by atoms with E-state index >= 15 is 0 Å². The molecule has 0 aliphatic rings. The molecular weight excluding hydrogens is 298 g/mol. The highest BCUT2D eigenvalue weighted by molar-refractivity contribution is 9.10. The molecule has 2 heteroatoms. The molecule has 1 rings (SSSR count). The summed E-state index contributed by atoms with van der Waals surface area (Å²) < 4.78 is 1.20. The summed E-state index contributed by atoms with van der Waals surface area (Å²) in [5.74, 6) is 0. The molecule has 0 bridgehead atoms. The molecule has 0 saturated heterocycles. The minimum absolute atomic E-state index is 0.404. The lowest BCUT2D eigenvalue weighted by Gasteiger charge is -2.21. The van der Waals surface area contributed by atoms with Gasteiger partial charge in [-0.1, -0.05) is 73.2 Å². The summed E-state index contributed by atoms with van der Waals surface area (Å²) in [4.78, 5) is 0. The number of hydrogen-bond donors (Lipinski definition) is 1. The number of rotatable bonds is 9. The maximum absolute atomic E-state index is 3.70. The fourth-order valence-corrected chi connectivity index (χ4v) is 3.11. The lowest BCUT2D eigenvalue weighted by molar-refractivity contribution is 0.436. The van der Waals surface area contributed by atoms with Crippen LogP contribution in [-0.2, 0) is 0 Å². The molecule has 1 unspecified atom stereocenters. The Balaban J connectivity index is 2.28. The average molecular weight is 326 g/mol. The van der Waals surface area contributed by atoms with Crippen molar-refractivity contribution in [3.05, 3.63) is 34.3 Å². The first-order valence-corrected chi connectivity index (χ1v) is 8.45. The normalized spacial score (nSPS) is 14.3. The van der Waals surface area contributed by atoms with Crippen molar-refractivity contribution in [2.75, 3.05) is 0 Å². The Kier molecular flexibility index (Phi) is 8.40. The van der Waals surface area contributed by atoms with Gasteiger partial charge in [-0.3, -0.25) is 0 Å². The standard InChI is InChI=1S/C17H28BrN/c1-4-5-6-7-8-11-14(2)19-15(3)16-12-9-10-13-17(16)18/h9-10,12-15,19H,4-8,11H2,1-3H3/t14?,15-/m0/s1. The second-order valence-electron chi connectivity index (χ2n) is 5.51. The molecule has 0 heterocycles. The zero-order valence-electron chi connectivity index (χ0n) is 12.6. The van der Waals surface area contributed by atoms with Crippen LogP contribution in [0.15, 0.2) is 28.7 Å². The number of unbranched alkanes of at least 4 members (excludes halogenated alkanes) is 4. The molecule has 0 fully saturated rings. The summed E-state index contributed by atoms with van der Waals surface area (Å²) in [5.41, 5.74) is 1.35. The molecule has 0 saturated carbocycles. The first kappa shape index (κ1) is 16.7. The number of halogens is 1. The monoisotopic (exact) mass is 325 g/mol. The van der Waals surface area contributed by atoms with Gasteiger partial charge in [0, 0.05) is 16.6 Å². The van der Waals surface area contributed by atoms with Crippen molar-refractivity contribution in [2.24, 2.45) is 0 Å². The van der Waals surface area contributed by atoms with Crippen LogP contribution in [0.3, 0.4) is 0 Å². The van der Waals surface area contributed by atoms with E-state index < -0.39 is 0 Å². The van der Waals surface area contributed by atoms with Crippen LogP contribution in [0, 0.1) is 0 Å². The van der Waals surface area contributed by atoms with E-state index in [1.807, 2.05) is 0 Å². The largest absolute Gasteiger partial charge is 0.308 e. The maximum Gasteiger partial charge on any atom is 0.0305 e. The summed E-state index contributed by atoms with van der Waals surface area (Å²) in [6, 6.07) is 9.47. The van der Waals surface area contributed by atoms with Crippen LogP contribution in [0.4, 0.5) is 0 Å². The Morgan fingerprint density at radius 1 is 1.05 bits per heavy atom. The average Bonchev–Trinajstić information content (AvgIpc) is 2.39. The highest BCUT2D eigenvalue weighted by atomic mass is 79.9. The van der Waals surface area contributed by atoms with Gasteiger partial charge < -0.3 is 5.32 Å². The molecule has 1 aromatic rings.